The minimum Gasteiger partial charge on any atom is -0.480 e. The molecule has 0 radical (unpaired) electrons. The predicted molar refractivity (Wildman–Crippen MR) is 71.0 cm³/mol. The van der Waals surface area contributed by atoms with E-state index in [-0.39, 0.29) is 17.5 Å². The Bertz CT molecular complexity index is 394. The van der Waals surface area contributed by atoms with Crippen molar-refractivity contribution in [3.8, 4) is 6.07 Å². The van der Waals surface area contributed by atoms with E-state index < -0.39 is 17.9 Å². The zero-order valence-electron chi connectivity index (χ0n) is 11.7. The molecule has 106 valence electrons. The van der Waals surface area contributed by atoms with Crippen molar-refractivity contribution in [1.29, 1.82) is 5.26 Å². The van der Waals surface area contributed by atoms with E-state index in [9.17, 15) is 9.59 Å². The fourth-order valence-corrected chi connectivity index (χ4v) is 1.33. The third-order valence-electron chi connectivity index (χ3n) is 2.24. The number of nitriles is 1. The van der Waals surface area contributed by atoms with Crippen LogP contribution in [-0.2, 0) is 9.59 Å². The van der Waals surface area contributed by atoms with Gasteiger partial charge in [0.05, 0.1) is 0 Å². The summed E-state index contributed by atoms with van der Waals surface area (Å²) in [5, 5.41) is 23.1. The van der Waals surface area contributed by atoms with Crippen LogP contribution >= 0.6 is 0 Å². The van der Waals surface area contributed by atoms with Crippen LogP contribution in [0.4, 0.5) is 0 Å². The first-order chi connectivity index (χ1) is 8.77. The van der Waals surface area contributed by atoms with Gasteiger partial charge in [0.15, 0.2) is 0 Å². The molecule has 0 bridgehead atoms. The lowest BCUT2D eigenvalue weighted by Gasteiger charge is -2.16. The summed E-state index contributed by atoms with van der Waals surface area (Å²) in [6.45, 7) is 7.46. The number of aliphatic carboxylic acids is 1. The summed E-state index contributed by atoms with van der Waals surface area (Å²) in [5.74, 6) is -1.65. The van der Waals surface area contributed by atoms with Gasteiger partial charge in [0.2, 0.25) is 0 Å². The van der Waals surface area contributed by atoms with Crippen molar-refractivity contribution in [2.45, 2.75) is 46.2 Å². The monoisotopic (exact) mass is 267 g/mol. The molecule has 0 aliphatic carbocycles. The summed E-state index contributed by atoms with van der Waals surface area (Å²) in [4.78, 5) is 22.8. The summed E-state index contributed by atoms with van der Waals surface area (Å²) < 4.78 is 0. The highest BCUT2D eigenvalue weighted by atomic mass is 16.4. The van der Waals surface area contributed by atoms with Gasteiger partial charge < -0.3 is 15.7 Å². The Labute approximate surface area is 113 Å². The van der Waals surface area contributed by atoms with Crippen molar-refractivity contribution in [3.05, 3.63) is 11.8 Å². The molecule has 0 aliphatic heterocycles. The highest BCUT2D eigenvalue weighted by Gasteiger charge is 2.22. The Hall–Kier alpha value is -2.03. The number of nitrogens with zero attached hydrogens (tertiary/aromatic N) is 1. The SMILES string of the molecule is CC(C)CC(NC(=O)/C(C#N)=C\NC(C)C)C(=O)O. The molecule has 0 spiro atoms. The highest BCUT2D eigenvalue weighted by Crippen LogP contribution is 2.06. The molecule has 0 saturated carbocycles. The Kier molecular flexibility index (Phi) is 7.27. The number of amides is 1. The molecule has 19 heavy (non-hydrogen) atoms. The lowest BCUT2D eigenvalue weighted by atomic mass is 10.0. The minimum absolute atomic E-state index is 0.0853. The van der Waals surface area contributed by atoms with E-state index in [2.05, 4.69) is 10.6 Å². The third-order valence-corrected chi connectivity index (χ3v) is 2.24. The number of nitrogens with one attached hydrogen (secondary N) is 2. The van der Waals surface area contributed by atoms with Crippen LogP contribution in [0.2, 0.25) is 0 Å². The fraction of sp³-hybridized carbons (Fsp3) is 0.615. The molecular formula is C13H21N3O3. The van der Waals surface area contributed by atoms with Crippen LogP contribution in [-0.4, -0.2) is 29.1 Å². The summed E-state index contributed by atoms with van der Waals surface area (Å²) in [7, 11) is 0. The molecule has 6 heteroatoms. The maximum absolute atomic E-state index is 11.8. The van der Waals surface area contributed by atoms with E-state index in [1.54, 1.807) is 6.07 Å². The number of hydrogen-bond donors (Lipinski definition) is 3. The Balaban J connectivity index is 4.75. The molecule has 0 aliphatic rings. The van der Waals surface area contributed by atoms with Crippen molar-refractivity contribution in [2.75, 3.05) is 0 Å². The molecule has 0 aromatic heterocycles. The molecule has 1 atom stereocenters. The van der Waals surface area contributed by atoms with Gasteiger partial charge >= 0.3 is 5.97 Å². The molecule has 1 unspecified atom stereocenters. The van der Waals surface area contributed by atoms with Gasteiger partial charge in [-0.05, 0) is 26.2 Å². The quantitative estimate of drug-likeness (QED) is 0.472. The van der Waals surface area contributed by atoms with Crippen LogP contribution in [0.1, 0.15) is 34.1 Å². The van der Waals surface area contributed by atoms with Crippen LogP contribution in [0, 0.1) is 17.2 Å². The van der Waals surface area contributed by atoms with Gasteiger partial charge in [0, 0.05) is 12.2 Å². The van der Waals surface area contributed by atoms with Gasteiger partial charge in [-0.15, -0.1) is 0 Å². The number of rotatable bonds is 7. The molecule has 0 fully saturated rings. The Morgan fingerprint density at radius 2 is 1.89 bits per heavy atom. The second-order valence-corrected chi connectivity index (χ2v) is 4.99. The Morgan fingerprint density at radius 3 is 2.26 bits per heavy atom. The normalized spacial score (nSPS) is 13.0. The lowest BCUT2D eigenvalue weighted by molar-refractivity contribution is -0.141. The molecule has 1 amide bonds. The van der Waals surface area contributed by atoms with Crippen LogP contribution in [0.3, 0.4) is 0 Å². The fourth-order valence-electron chi connectivity index (χ4n) is 1.33. The third kappa shape index (κ3) is 7.09. The first-order valence-electron chi connectivity index (χ1n) is 6.17. The van der Waals surface area contributed by atoms with Crippen LogP contribution < -0.4 is 10.6 Å². The van der Waals surface area contributed by atoms with Crippen molar-refractivity contribution in [2.24, 2.45) is 5.92 Å². The number of carboxylic acid groups (broad SMARTS) is 1. The lowest BCUT2D eigenvalue weighted by Crippen LogP contribution is -2.42. The van der Waals surface area contributed by atoms with E-state index in [0.717, 1.165) is 0 Å². The second kappa shape index (κ2) is 8.14. The molecule has 3 N–H and O–H groups in total. The van der Waals surface area contributed by atoms with Gasteiger partial charge in [-0.1, -0.05) is 13.8 Å². The van der Waals surface area contributed by atoms with E-state index in [1.807, 2.05) is 27.7 Å². The van der Waals surface area contributed by atoms with Crippen molar-refractivity contribution >= 4 is 11.9 Å². The molecule has 0 heterocycles. The molecule has 0 rings (SSSR count). The van der Waals surface area contributed by atoms with E-state index in [0.29, 0.717) is 6.42 Å². The van der Waals surface area contributed by atoms with Gasteiger partial charge in [-0.3, -0.25) is 4.79 Å². The van der Waals surface area contributed by atoms with E-state index >= 15 is 0 Å². The molecule has 0 aromatic rings. The zero-order chi connectivity index (χ0) is 15.0. The zero-order valence-corrected chi connectivity index (χ0v) is 11.7. The van der Waals surface area contributed by atoms with Crippen molar-refractivity contribution in [3.63, 3.8) is 0 Å². The van der Waals surface area contributed by atoms with Crippen molar-refractivity contribution in [1.82, 2.24) is 10.6 Å². The number of carboxylic acids is 1. The van der Waals surface area contributed by atoms with Gasteiger partial charge in [-0.2, -0.15) is 5.26 Å². The Morgan fingerprint density at radius 1 is 1.32 bits per heavy atom. The molecule has 6 nitrogen and oxygen atoms in total. The van der Waals surface area contributed by atoms with Crippen LogP contribution in [0.5, 0.6) is 0 Å². The highest BCUT2D eigenvalue weighted by molar-refractivity contribution is 5.99. The predicted octanol–water partition coefficient (Wildman–Crippen LogP) is 1.01. The van der Waals surface area contributed by atoms with Crippen molar-refractivity contribution < 1.29 is 14.7 Å². The van der Waals surface area contributed by atoms with Crippen LogP contribution in [0.25, 0.3) is 0 Å². The second-order valence-electron chi connectivity index (χ2n) is 4.99. The topological polar surface area (TPSA) is 102 Å². The number of carbonyl (C=O) groups is 2. The summed E-state index contributed by atoms with van der Waals surface area (Å²) in [6.07, 6.45) is 1.62. The standard InChI is InChI=1S/C13H21N3O3/c1-8(2)5-11(13(18)19)16-12(17)10(6-14)7-15-9(3)4/h7-9,11,15H,5H2,1-4H3,(H,16,17)(H,18,19)/b10-7-. The summed E-state index contributed by atoms with van der Waals surface area (Å²) >= 11 is 0. The summed E-state index contributed by atoms with van der Waals surface area (Å²) in [5.41, 5.74) is -0.135. The number of hydrogen-bond acceptors (Lipinski definition) is 4. The van der Waals surface area contributed by atoms with Gasteiger partial charge in [-0.25, -0.2) is 4.79 Å². The molecule has 0 saturated heterocycles. The smallest absolute Gasteiger partial charge is 0.326 e. The molecular weight excluding hydrogens is 246 g/mol. The van der Waals surface area contributed by atoms with E-state index in [1.165, 1.54) is 6.20 Å². The van der Waals surface area contributed by atoms with Crippen LogP contribution in [0.15, 0.2) is 11.8 Å². The first kappa shape index (κ1) is 17.0. The average Bonchev–Trinajstić information content (AvgIpc) is 2.27. The maximum Gasteiger partial charge on any atom is 0.326 e. The molecule has 0 aromatic carbocycles. The number of carbonyl (C=O) groups excluding carboxylic acids is 1. The largest absolute Gasteiger partial charge is 0.480 e. The van der Waals surface area contributed by atoms with Gasteiger partial charge in [0.1, 0.15) is 17.7 Å². The minimum atomic E-state index is -1.10. The average molecular weight is 267 g/mol. The first-order valence-corrected chi connectivity index (χ1v) is 6.17. The van der Waals surface area contributed by atoms with Gasteiger partial charge in [0.25, 0.3) is 5.91 Å². The van der Waals surface area contributed by atoms with E-state index in [4.69, 9.17) is 10.4 Å². The summed E-state index contributed by atoms with van der Waals surface area (Å²) in [6, 6.07) is 0.851. The maximum atomic E-state index is 11.8.